The van der Waals surface area contributed by atoms with Gasteiger partial charge in [0.15, 0.2) is 0 Å². The lowest BCUT2D eigenvalue weighted by Crippen LogP contribution is -2.09. The number of aryl methyl sites for hydroxylation is 1. The first-order valence-corrected chi connectivity index (χ1v) is 10.0. The molecule has 0 aliphatic carbocycles. The summed E-state index contributed by atoms with van der Waals surface area (Å²) in [5.41, 5.74) is 4.34. The fourth-order valence-electron chi connectivity index (χ4n) is 3.05. The van der Waals surface area contributed by atoms with E-state index in [2.05, 4.69) is 15.3 Å². The number of aromatic nitrogens is 2. The maximum atomic E-state index is 11.3. The van der Waals surface area contributed by atoms with Gasteiger partial charge in [0.05, 0.1) is 18.7 Å². The Morgan fingerprint density at radius 1 is 1.20 bits per heavy atom. The van der Waals surface area contributed by atoms with Crippen LogP contribution in [-0.4, -0.2) is 34.7 Å². The van der Waals surface area contributed by atoms with Crippen molar-refractivity contribution in [1.29, 1.82) is 0 Å². The summed E-state index contributed by atoms with van der Waals surface area (Å²) in [7, 11) is 1.51. The molecule has 0 saturated carbocycles. The molecule has 0 spiro atoms. The number of anilines is 1. The number of ether oxygens (including phenoxy) is 1. The maximum absolute atomic E-state index is 11.3. The van der Waals surface area contributed by atoms with Crippen LogP contribution in [0.15, 0.2) is 48.5 Å². The van der Waals surface area contributed by atoms with Crippen molar-refractivity contribution in [2.45, 2.75) is 26.2 Å². The summed E-state index contributed by atoms with van der Waals surface area (Å²) in [6.45, 7) is 4.30. The molecule has 0 saturated heterocycles. The number of nitrogens with one attached hydrogen (secondary N) is 1. The zero-order chi connectivity index (χ0) is 21.7. The Hall–Kier alpha value is -3.12. The van der Waals surface area contributed by atoms with Crippen molar-refractivity contribution < 1.29 is 14.6 Å². The smallest absolute Gasteiger partial charge is 0.318 e. The Morgan fingerprint density at radius 2 is 2.00 bits per heavy atom. The number of nitrogens with zero attached hydrogens (tertiary/aromatic N) is 2. The lowest BCUT2D eigenvalue weighted by molar-refractivity contribution is -0.138. The highest BCUT2D eigenvalue weighted by molar-refractivity contribution is 6.31. The van der Waals surface area contributed by atoms with E-state index in [0.29, 0.717) is 23.6 Å². The summed E-state index contributed by atoms with van der Waals surface area (Å²) in [4.78, 5) is 20.1. The van der Waals surface area contributed by atoms with E-state index in [-0.39, 0.29) is 6.01 Å². The fourth-order valence-corrected chi connectivity index (χ4v) is 3.37. The molecule has 2 N–H and O–H groups in total. The number of benzene rings is 2. The van der Waals surface area contributed by atoms with Gasteiger partial charge in [0.1, 0.15) is 5.82 Å². The van der Waals surface area contributed by atoms with Crippen LogP contribution in [0.4, 0.5) is 5.82 Å². The molecule has 6 nitrogen and oxygen atoms in total. The van der Waals surface area contributed by atoms with Crippen molar-refractivity contribution in [2.24, 2.45) is 0 Å². The van der Waals surface area contributed by atoms with Crippen LogP contribution in [0.3, 0.4) is 0 Å². The van der Waals surface area contributed by atoms with Gasteiger partial charge in [-0.2, -0.15) is 9.97 Å². The minimum atomic E-state index is -0.871. The molecule has 156 valence electrons. The molecule has 3 aromatic rings. The second kappa shape index (κ2) is 9.59. The number of aliphatic carboxylic acids is 1. The Balaban J connectivity index is 1.80. The molecule has 30 heavy (non-hydrogen) atoms. The van der Waals surface area contributed by atoms with Crippen molar-refractivity contribution in [2.75, 3.05) is 19.0 Å². The molecule has 2 aromatic carbocycles. The third-order valence-corrected chi connectivity index (χ3v) is 5.20. The van der Waals surface area contributed by atoms with E-state index in [1.807, 2.05) is 49.4 Å². The van der Waals surface area contributed by atoms with E-state index in [9.17, 15) is 9.90 Å². The molecule has 1 aromatic heterocycles. The summed E-state index contributed by atoms with van der Waals surface area (Å²) >= 11 is 6.31. The quantitative estimate of drug-likeness (QED) is 0.530. The van der Waals surface area contributed by atoms with Crippen molar-refractivity contribution in [3.05, 3.63) is 70.2 Å². The molecule has 1 atom stereocenters. The average Bonchev–Trinajstić information content (AvgIpc) is 2.74. The zero-order valence-electron chi connectivity index (χ0n) is 17.1. The molecule has 0 radical (unpaired) electrons. The van der Waals surface area contributed by atoms with Gasteiger partial charge in [0.25, 0.3) is 0 Å². The number of hydrogen-bond donors (Lipinski definition) is 2. The lowest BCUT2D eigenvalue weighted by Gasteiger charge is -2.12. The summed E-state index contributed by atoms with van der Waals surface area (Å²) in [5.74, 6) is -0.855. The third-order valence-electron chi connectivity index (χ3n) is 4.85. The zero-order valence-corrected chi connectivity index (χ0v) is 17.9. The predicted molar refractivity (Wildman–Crippen MR) is 118 cm³/mol. The van der Waals surface area contributed by atoms with E-state index in [1.54, 1.807) is 13.0 Å². The molecule has 3 rings (SSSR count). The standard InChI is InChI=1S/C23H24ClN3O3/c1-14-7-8-16(19(24)11-14)9-10-25-21-13-20(26-23(27-21)30-3)18-6-4-5-17(12-18)15(2)22(28)29/h4-8,11-13,15H,9-10H2,1-3H3,(H,28,29)(H,25,26,27). The second-order valence-corrected chi connectivity index (χ2v) is 7.49. The average molecular weight is 426 g/mol. The van der Waals surface area contributed by atoms with Gasteiger partial charge in [-0.1, -0.05) is 41.9 Å². The number of carbonyl (C=O) groups is 1. The van der Waals surface area contributed by atoms with Crippen LogP contribution in [0.1, 0.15) is 29.5 Å². The molecule has 0 amide bonds. The van der Waals surface area contributed by atoms with Gasteiger partial charge >= 0.3 is 12.0 Å². The van der Waals surface area contributed by atoms with Gasteiger partial charge in [0.2, 0.25) is 0 Å². The molecular formula is C23H24ClN3O3. The fraction of sp³-hybridized carbons (Fsp3) is 0.261. The minimum Gasteiger partial charge on any atom is -0.481 e. The highest BCUT2D eigenvalue weighted by atomic mass is 35.5. The highest BCUT2D eigenvalue weighted by Gasteiger charge is 2.15. The van der Waals surface area contributed by atoms with Crippen molar-refractivity contribution in [1.82, 2.24) is 9.97 Å². The van der Waals surface area contributed by atoms with Crippen LogP contribution >= 0.6 is 11.6 Å². The third kappa shape index (κ3) is 5.27. The number of carboxylic acids is 1. The first-order chi connectivity index (χ1) is 14.4. The monoisotopic (exact) mass is 425 g/mol. The van der Waals surface area contributed by atoms with E-state index < -0.39 is 11.9 Å². The molecule has 0 aliphatic rings. The van der Waals surface area contributed by atoms with Crippen molar-refractivity contribution in [3.8, 4) is 17.3 Å². The Morgan fingerprint density at radius 3 is 2.70 bits per heavy atom. The van der Waals surface area contributed by atoms with Crippen LogP contribution in [0.2, 0.25) is 5.02 Å². The van der Waals surface area contributed by atoms with Crippen molar-refractivity contribution in [3.63, 3.8) is 0 Å². The van der Waals surface area contributed by atoms with E-state index in [1.165, 1.54) is 7.11 Å². The number of carboxylic acid groups (broad SMARTS) is 1. The van der Waals surface area contributed by atoms with Gasteiger partial charge in [-0.05, 0) is 49.1 Å². The molecule has 0 bridgehead atoms. The first kappa shape index (κ1) is 21.6. The van der Waals surface area contributed by atoms with Crippen LogP contribution in [0.25, 0.3) is 11.3 Å². The van der Waals surface area contributed by atoms with Gasteiger partial charge in [-0.15, -0.1) is 0 Å². The molecule has 1 unspecified atom stereocenters. The number of methoxy groups -OCH3 is 1. The summed E-state index contributed by atoms with van der Waals surface area (Å²) in [6.07, 6.45) is 0.742. The molecule has 1 heterocycles. The molecule has 0 aliphatic heterocycles. The highest BCUT2D eigenvalue weighted by Crippen LogP contribution is 2.26. The lowest BCUT2D eigenvalue weighted by atomic mass is 9.98. The van der Waals surface area contributed by atoms with Crippen LogP contribution < -0.4 is 10.1 Å². The molecule has 0 fully saturated rings. The van der Waals surface area contributed by atoms with Gasteiger partial charge in [-0.25, -0.2) is 0 Å². The summed E-state index contributed by atoms with van der Waals surface area (Å²) in [6, 6.07) is 15.4. The Kier molecular flexibility index (Phi) is 6.90. The Bertz CT molecular complexity index is 1060. The number of hydrogen-bond acceptors (Lipinski definition) is 5. The van der Waals surface area contributed by atoms with E-state index >= 15 is 0 Å². The van der Waals surface area contributed by atoms with Gasteiger partial charge in [0, 0.05) is 23.2 Å². The topological polar surface area (TPSA) is 84.3 Å². The van der Waals surface area contributed by atoms with Crippen LogP contribution in [0.5, 0.6) is 6.01 Å². The predicted octanol–water partition coefficient (Wildman–Crippen LogP) is 4.96. The number of rotatable bonds is 8. The largest absolute Gasteiger partial charge is 0.481 e. The minimum absolute atomic E-state index is 0.236. The second-order valence-electron chi connectivity index (χ2n) is 7.08. The van der Waals surface area contributed by atoms with Crippen molar-refractivity contribution >= 4 is 23.4 Å². The van der Waals surface area contributed by atoms with Gasteiger partial charge in [-0.3, -0.25) is 4.79 Å². The van der Waals surface area contributed by atoms with Crippen LogP contribution in [-0.2, 0) is 11.2 Å². The van der Waals surface area contributed by atoms with E-state index in [4.69, 9.17) is 16.3 Å². The molecule has 7 heteroatoms. The normalized spacial score (nSPS) is 11.7. The summed E-state index contributed by atoms with van der Waals surface area (Å²) < 4.78 is 5.25. The summed E-state index contributed by atoms with van der Waals surface area (Å²) in [5, 5.41) is 13.3. The number of halogens is 1. The Labute approximate surface area is 180 Å². The van der Waals surface area contributed by atoms with Crippen LogP contribution in [0, 0.1) is 6.92 Å². The first-order valence-electron chi connectivity index (χ1n) is 9.62. The molecular weight excluding hydrogens is 402 g/mol. The van der Waals surface area contributed by atoms with Gasteiger partial charge < -0.3 is 15.2 Å². The maximum Gasteiger partial charge on any atom is 0.318 e. The SMILES string of the molecule is COc1nc(NCCc2ccc(C)cc2Cl)cc(-c2cccc(C(C)C(=O)O)c2)n1. The van der Waals surface area contributed by atoms with E-state index in [0.717, 1.165) is 28.1 Å².